The highest BCUT2D eigenvalue weighted by atomic mass is 16.5. The molecule has 1 aromatic heterocycles. The number of para-hydroxylation sites is 1. The molecule has 1 heterocycles. The fraction of sp³-hybridized carbons (Fsp3) is 0.375. The Morgan fingerprint density at radius 1 is 1.21 bits per heavy atom. The molecule has 0 saturated heterocycles. The van der Waals surface area contributed by atoms with Crippen molar-refractivity contribution in [2.24, 2.45) is 0 Å². The lowest BCUT2D eigenvalue weighted by molar-refractivity contribution is 0.300. The molecule has 0 saturated carbocycles. The van der Waals surface area contributed by atoms with E-state index in [4.69, 9.17) is 9.15 Å². The number of rotatable bonds is 6. The van der Waals surface area contributed by atoms with Crippen LogP contribution in [0, 0.1) is 6.92 Å². The topological polar surface area (TPSA) is 34.4 Å². The van der Waals surface area contributed by atoms with Gasteiger partial charge in [-0.2, -0.15) is 0 Å². The Morgan fingerprint density at radius 2 is 2.00 bits per heavy atom. The van der Waals surface area contributed by atoms with Crippen LogP contribution in [0.4, 0.5) is 0 Å². The molecule has 2 aromatic rings. The van der Waals surface area contributed by atoms with Gasteiger partial charge in [0.25, 0.3) is 0 Å². The van der Waals surface area contributed by atoms with Gasteiger partial charge in [-0.3, -0.25) is 0 Å². The van der Waals surface area contributed by atoms with Crippen molar-refractivity contribution in [3.8, 4) is 5.75 Å². The Labute approximate surface area is 114 Å². The maximum absolute atomic E-state index is 5.91. The summed E-state index contributed by atoms with van der Waals surface area (Å²) in [5.41, 5.74) is 2.34. The average Bonchev–Trinajstić information content (AvgIpc) is 2.77. The molecule has 2 rings (SSSR count). The number of furan rings is 1. The number of hydrogen-bond acceptors (Lipinski definition) is 3. The molecule has 0 spiro atoms. The molecule has 0 radical (unpaired) electrons. The average molecular weight is 259 g/mol. The van der Waals surface area contributed by atoms with Gasteiger partial charge in [0, 0.05) is 5.56 Å². The summed E-state index contributed by atoms with van der Waals surface area (Å²) in [6, 6.07) is 10.2. The first-order chi connectivity index (χ1) is 9.24. The van der Waals surface area contributed by atoms with Gasteiger partial charge in [-0.1, -0.05) is 25.1 Å². The van der Waals surface area contributed by atoms with Gasteiger partial charge in [-0.05, 0) is 38.1 Å². The molecular formula is C16H21NO2. The summed E-state index contributed by atoms with van der Waals surface area (Å²) in [5.74, 6) is 2.84. The lowest BCUT2D eigenvalue weighted by Crippen LogP contribution is -2.03. The third kappa shape index (κ3) is 3.38. The molecule has 102 valence electrons. The Hall–Kier alpha value is -1.74. The molecule has 0 aliphatic carbocycles. The third-order valence-electron chi connectivity index (χ3n) is 3.16. The van der Waals surface area contributed by atoms with Crippen LogP contribution in [0.25, 0.3) is 0 Å². The molecule has 0 fully saturated rings. The predicted octanol–water partition coefficient (Wildman–Crippen LogP) is 3.45. The molecule has 0 amide bonds. The van der Waals surface area contributed by atoms with Gasteiger partial charge in [0.2, 0.25) is 0 Å². The lowest BCUT2D eigenvalue weighted by Gasteiger charge is -2.09. The minimum absolute atomic E-state index is 0.552. The first-order valence-corrected chi connectivity index (χ1v) is 6.68. The van der Waals surface area contributed by atoms with E-state index in [-0.39, 0.29) is 0 Å². The smallest absolute Gasteiger partial charge is 0.122 e. The van der Waals surface area contributed by atoms with Crippen LogP contribution >= 0.6 is 0 Å². The van der Waals surface area contributed by atoms with Gasteiger partial charge < -0.3 is 14.5 Å². The third-order valence-corrected chi connectivity index (χ3v) is 3.16. The van der Waals surface area contributed by atoms with E-state index < -0.39 is 0 Å². The van der Waals surface area contributed by atoms with Crippen LogP contribution in [0.1, 0.15) is 29.6 Å². The molecular weight excluding hydrogens is 238 g/mol. The van der Waals surface area contributed by atoms with Crippen molar-refractivity contribution in [3.63, 3.8) is 0 Å². The molecule has 0 aliphatic heterocycles. The van der Waals surface area contributed by atoms with Crippen molar-refractivity contribution in [1.29, 1.82) is 0 Å². The SMILES string of the molecule is CCc1ccccc1OCc1cc(CNC)oc1C. The Morgan fingerprint density at radius 3 is 2.74 bits per heavy atom. The molecule has 1 N–H and O–H groups in total. The van der Waals surface area contributed by atoms with E-state index in [2.05, 4.69) is 24.4 Å². The van der Waals surface area contributed by atoms with Crippen LogP contribution in [0.15, 0.2) is 34.7 Å². The maximum Gasteiger partial charge on any atom is 0.122 e. The molecule has 19 heavy (non-hydrogen) atoms. The zero-order valence-electron chi connectivity index (χ0n) is 11.8. The molecule has 0 aliphatic rings. The van der Waals surface area contributed by atoms with Gasteiger partial charge >= 0.3 is 0 Å². The van der Waals surface area contributed by atoms with Crippen molar-refractivity contribution in [3.05, 3.63) is 53.0 Å². The van der Waals surface area contributed by atoms with Crippen molar-refractivity contribution in [2.75, 3.05) is 7.05 Å². The largest absolute Gasteiger partial charge is 0.488 e. The highest BCUT2D eigenvalue weighted by Gasteiger charge is 2.08. The van der Waals surface area contributed by atoms with Crippen molar-refractivity contribution < 1.29 is 9.15 Å². The van der Waals surface area contributed by atoms with E-state index in [0.29, 0.717) is 6.61 Å². The summed E-state index contributed by atoms with van der Waals surface area (Å²) < 4.78 is 11.6. The first kappa shape index (κ1) is 13.7. The quantitative estimate of drug-likeness (QED) is 0.862. The summed E-state index contributed by atoms with van der Waals surface area (Å²) in [6.07, 6.45) is 0.978. The van der Waals surface area contributed by atoms with Crippen LogP contribution in [0.3, 0.4) is 0 Å². The van der Waals surface area contributed by atoms with E-state index in [9.17, 15) is 0 Å². The summed E-state index contributed by atoms with van der Waals surface area (Å²) in [7, 11) is 1.91. The normalized spacial score (nSPS) is 10.7. The molecule has 3 heteroatoms. The highest BCUT2D eigenvalue weighted by molar-refractivity contribution is 5.33. The van der Waals surface area contributed by atoms with Gasteiger partial charge in [0.05, 0.1) is 6.54 Å². The van der Waals surface area contributed by atoms with Crippen LogP contribution in [-0.2, 0) is 19.6 Å². The van der Waals surface area contributed by atoms with Crippen molar-refractivity contribution in [2.45, 2.75) is 33.4 Å². The van der Waals surface area contributed by atoms with Gasteiger partial charge in [0.1, 0.15) is 23.9 Å². The zero-order chi connectivity index (χ0) is 13.7. The maximum atomic E-state index is 5.91. The monoisotopic (exact) mass is 259 g/mol. The molecule has 1 aromatic carbocycles. The van der Waals surface area contributed by atoms with E-state index in [1.54, 1.807) is 0 Å². The van der Waals surface area contributed by atoms with E-state index in [0.717, 1.165) is 35.8 Å². The number of nitrogens with one attached hydrogen (secondary N) is 1. The van der Waals surface area contributed by atoms with Gasteiger partial charge in [-0.15, -0.1) is 0 Å². The van der Waals surface area contributed by atoms with Crippen molar-refractivity contribution >= 4 is 0 Å². The highest BCUT2D eigenvalue weighted by Crippen LogP contribution is 2.21. The predicted molar refractivity (Wildman–Crippen MR) is 76.4 cm³/mol. The van der Waals surface area contributed by atoms with Crippen LogP contribution in [-0.4, -0.2) is 7.05 Å². The molecule has 0 unspecified atom stereocenters. The fourth-order valence-corrected chi connectivity index (χ4v) is 2.08. The Balaban J connectivity index is 2.05. The summed E-state index contributed by atoms with van der Waals surface area (Å²) in [4.78, 5) is 0. The van der Waals surface area contributed by atoms with Crippen LogP contribution in [0.2, 0.25) is 0 Å². The summed E-state index contributed by atoms with van der Waals surface area (Å²) >= 11 is 0. The fourth-order valence-electron chi connectivity index (χ4n) is 2.08. The number of aryl methyl sites for hydroxylation is 2. The standard InChI is InChI=1S/C16H21NO2/c1-4-13-7-5-6-8-16(13)18-11-14-9-15(10-17-3)19-12(14)2/h5-9,17H,4,10-11H2,1-3H3. The van der Waals surface area contributed by atoms with E-state index in [1.165, 1.54) is 5.56 Å². The zero-order valence-corrected chi connectivity index (χ0v) is 11.8. The molecule has 0 atom stereocenters. The van der Waals surface area contributed by atoms with E-state index in [1.807, 2.05) is 32.2 Å². The van der Waals surface area contributed by atoms with Crippen LogP contribution in [0.5, 0.6) is 5.75 Å². The second kappa shape index (κ2) is 6.43. The second-order valence-electron chi connectivity index (χ2n) is 4.57. The van der Waals surface area contributed by atoms with Crippen molar-refractivity contribution in [1.82, 2.24) is 5.32 Å². The Kier molecular flexibility index (Phi) is 4.63. The minimum atomic E-state index is 0.552. The minimum Gasteiger partial charge on any atom is -0.488 e. The molecule has 0 bridgehead atoms. The summed E-state index contributed by atoms with van der Waals surface area (Å²) in [6.45, 7) is 5.41. The number of benzene rings is 1. The first-order valence-electron chi connectivity index (χ1n) is 6.68. The van der Waals surface area contributed by atoms with E-state index >= 15 is 0 Å². The Bertz CT molecular complexity index is 531. The lowest BCUT2D eigenvalue weighted by atomic mass is 10.1. The second-order valence-corrected chi connectivity index (χ2v) is 4.57. The van der Waals surface area contributed by atoms with Crippen LogP contribution < -0.4 is 10.1 Å². The summed E-state index contributed by atoms with van der Waals surface area (Å²) in [5, 5.41) is 3.08. The number of ether oxygens (including phenoxy) is 1. The van der Waals surface area contributed by atoms with Gasteiger partial charge in [-0.25, -0.2) is 0 Å². The number of hydrogen-bond donors (Lipinski definition) is 1. The van der Waals surface area contributed by atoms with Gasteiger partial charge in [0.15, 0.2) is 0 Å². The molecule has 3 nitrogen and oxygen atoms in total.